The number of carbonyl (C=O) groups excluding carboxylic acids is 1. The Balaban J connectivity index is 1.82. The van der Waals surface area contributed by atoms with Gasteiger partial charge in [-0.25, -0.2) is 4.68 Å². The van der Waals surface area contributed by atoms with Crippen LogP contribution in [0.15, 0.2) is 59.5 Å². The molecule has 0 spiro atoms. The number of rotatable bonds is 4. The number of nitrogens with zero attached hydrogens (tertiary/aromatic N) is 2. The molecule has 0 aliphatic heterocycles. The molecule has 0 unspecified atom stereocenters. The van der Waals surface area contributed by atoms with Gasteiger partial charge < -0.3 is 5.32 Å². The Hall–Kier alpha value is -2.73. The molecule has 128 valence electrons. The predicted octanol–water partition coefficient (Wildman–Crippen LogP) is 3.48. The number of nitrogens with one attached hydrogen (secondary N) is 1. The number of carbonyl (C=O) groups is 1. The summed E-state index contributed by atoms with van der Waals surface area (Å²) in [7, 11) is -1.17. The molecule has 5 nitrogen and oxygen atoms in total. The summed E-state index contributed by atoms with van der Waals surface area (Å²) >= 11 is 0. The highest BCUT2D eigenvalue weighted by Gasteiger charge is 2.11. The van der Waals surface area contributed by atoms with Crippen LogP contribution >= 0.6 is 0 Å². The van der Waals surface area contributed by atoms with Crippen LogP contribution in [-0.2, 0) is 10.8 Å². The maximum Gasteiger partial charge on any atom is 0.255 e. The standard InChI is InChI=1S/C19H19N3O2S/c1-13-12-14(2)22(21-13)16-10-8-15(9-11-16)19(23)20-17-6-4-5-7-18(17)25(3)24/h4-12H,1-3H3,(H,20,23)/t25-/m0/s1. The largest absolute Gasteiger partial charge is 0.321 e. The molecule has 0 aliphatic carbocycles. The van der Waals surface area contributed by atoms with E-state index >= 15 is 0 Å². The van der Waals surface area contributed by atoms with Gasteiger partial charge in [0, 0.05) is 17.5 Å². The first-order valence-electron chi connectivity index (χ1n) is 7.83. The van der Waals surface area contributed by atoms with Crippen molar-refractivity contribution in [3.05, 3.63) is 71.5 Å². The molecule has 2 aromatic carbocycles. The number of amides is 1. The minimum atomic E-state index is -1.17. The van der Waals surface area contributed by atoms with Crippen LogP contribution in [0.4, 0.5) is 5.69 Å². The second kappa shape index (κ2) is 7.03. The molecular formula is C19H19N3O2S. The van der Waals surface area contributed by atoms with E-state index in [0.29, 0.717) is 16.1 Å². The van der Waals surface area contributed by atoms with Gasteiger partial charge >= 0.3 is 0 Å². The normalized spacial score (nSPS) is 12.0. The molecule has 0 saturated heterocycles. The molecule has 1 aromatic heterocycles. The van der Waals surface area contributed by atoms with Crippen LogP contribution < -0.4 is 5.32 Å². The van der Waals surface area contributed by atoms with E-state index in [2.05, 4.69) is 10.4 Å². The summed E-state index contributed by atoms with van der Waals surface area (Å²) in [4.78, 5) is 13.1. The van der Waals surface area contributed by atoms with Crippen molar-refractivity contribution in [3.63, 3.8) is 0 Å². The first-order valence-corrected chi connectivity index (χ1v) is 9.39. The molecule has 1 amide bonds. The molecule has 0 saturated carbocycles. The minimum absolute atomic E-state index is 0.238. The number of aryl methyl sites for hydroxylation is 2. The van der Waals surface area contributed by atoms with E-state index in [-0.39, 0.29) is 5.91 Å². The van der Waals surface area contributed by atoms with Crippen molar-refractivity contribution in [2.24, 2.45) is 0 Å². The van der Waals surface area contributed by atoms with Crippen molar-refractivity contribution in [2.75, 3.05) is 11.6 Å². The Labute approximate surface area is 149 Å². The smallest absolute Gasteiger partial charge is 0.255 e. The van der Waals surface area contributed by atoms with Gasteiger partial charge in [-0.1, -0.05) is 12.1 Å². The summed E-state index contributed by atoms with van der Waals surface area (Å²) in [6, 6.07) is 16.3. The summed E-state index contributed by atoms with van der Waals surface area (Å²) in [5, 5.41) is 7.26. The molecule has 6 heteroatoms. The van der Waals surface area contributed by atoms with Crippen molar-refractivity contribution in [2.45, 2.75) is 18.7 Å². The van der Waals surface area contributed by atoms with Crippen LogP contribution in [0, 0.1) is 13.8 Å². The summed E-state index contributed by atoms with van der Waals surface area (Å²) < 4.78 is 13.6. The van der Waals surface area contributed by atoms with Crippen LogP contribution in [0.1, 0.15) is 21.7 Å². The highest BCUT2D eigenvalue weighted by molar-refractivity contribution is 7.84. The monoisotopic (exact) mass is 353 g/mol. The Morgan fingerprint density at radius 3 is 2.36 bits per heavy atom. The lowest BCUT2D eigenvalue weighted by molar-refractivity contribution is 0.102. The topological polar surface area (TPSA) is 64.0 Å². The third kappa shape index (κ3) is 3.69. The molecule has 3 aromatic rings. The van der Waals surface area contributed by atoms with Gasteiger partial charge in [0.1, 0.15) is 0 Å². The maximum absolute atomic E-state index is 12.5. The first-order chi connectivity index (χ1) is 12.0. The van der Waals surface area contributed by atoms with Crippen molar-refractivity contribution in [1.29, 1.82) is 0 Å². The minimum Gasteiger partial charge on any atom is -0.321 e. The maximum atomic E-state index is 12.5. The van der Waals surface area contributed by atoms with Gasteiger partial charge in [-0.3, -0.25) is 9.00 Å². The summed E-state index contributed by atoms with van der Waals surface area (Å²) in [6.07, 6.45) is 1.59. The molecule has 1 atom stereocenters. The fourth-order valence-electron chi connectivity index (χ4n) is 2.66. The third-order valence-corrected chi connectivity index (χ3v) is 4.80. The predicted molar refractivity (Wildman–Crippen MR) is 99.8 cm³/mol. The number of hydrogen-bond acceptors (Lipinski definition) is 3. The third-order valence-electron chi connectivity index (χ3n) is 3.83. The lowest BCUT2D eigenvalue weighted by Crippen LogP contribution is -2.13. The van der Waals surface area contributed by atoms with E-state index in [9.17, 15) is 9.00 Å². The average Bonchev–Trinajstić information content (AvgIpc) is 2.93. The van der Waals surface area contributed by atoms with Crippen LogP contribution in [0.2, 0.25) is 0 Å². The highest BCUT2D eigenvalue weighted by Crippen LogP contribution is 2.20. The van der Waals surface area contributed by atoms with Crippen LogP contribution in [0.25, 0.3) is 5.69 Å². The molecule has 0 aliphatic rings. The number of aromatic nitrogens is 2. The van der Waals surface area contributed by atoms with Crippen LogP contribution in [0.5, 0.6) is 0 Å². The Morgan fingerprint density at radius 1 is 1.08 bits per heavy atom. The number of benzene rings is 2. The Kier molecular flexibility index (Phi) is 4.81. The number of hydrogen-bond donors (Lipinski definition) is 1. The van der Waals surface area contributed by atoms with Gasteiger partial charge in [0.05, 0.1) is 32.8 Å². The molecule has 0 bridgehead atoms. The van der Waals surface area contributed by atoms with Crippen molar-refractivity contribution < 1.29 is 9.00 Å². The number of anilines is 1. The van der Waals surface area contributed by atoms with E-state index in [1.807, 2.05) is 36.7 Å². The van der Waals surface area contributed by atoms with Gasteiger partial charge in [0.15, 0.2) is 0 Å². The lowest BCUT2D eigenvalue weighted by Gasteiger charge is -2.10. The van der Waals surface area contributed by atoms with E-state index in [1.165, 1.54) is 0 Å². The zero-order valence-electron chi connectivity index (χ0n) is 14.3. The van der Waals surface area contributed by atoms with E-state index in [4.69, 9.17) is 0 Å². The van der Waals surface area contributed by atoms with Gasteiger partial charge in [0.25, 0.3) is 5.91 Å². The summed E-state index contributed by atoms with van der Waals surface area (Å²) in [6.45, 7) is 3.93. The molecular weight excluding hydrogens is 334 g/mol. The molecule has 0 fully saturated rings. The van der Waals surface area contributed by atoms with Gasteiger partial charge in [-0.15, -0.1) is 0 Å². The van der Waals surface area contributed by atoms with E-state index in [1.54, 1.807) is 42.7 Å². The molecule has 25 heavy (non-hydrogen) atoms. The lowest BCUT2D eigenvalue weighted by atomic mass is 10.2. The fraction of sp³-hybridized carbons (Fsp3) is 0.158. The zero-order valence-corrected chi connectivity index (χ0v) is 15.1. The Bertz CT molecular complexity index is 946. The van der Waals surface area contributed by atoms with Crippen LogP contribution in [-0.4, -0.2) is 26.2 Å². The zero-order chi connectivity index (χ0) is 18.0. The van der Waals surface area contributed by atoms with Crippen molar-refractivity contribution >= 4 is 22.4 Å². The van der Waals surface area contributed by atoms with E-state index < -0.39 is 10.8 Å². The second-order valence-corrected chi connectivity index (χ2v) is 7.14. The molecule has 0 radical (unpaired) electrons. The SMILES string of the molecule is Cc1cc(C)n(-c2ccc(C(=O)Nc3ccccc3[S@](C)=O)cc2)n1. The Morgan fingerprint density at radius 2 is 1.76 bits per heavy atom. The summed E-state index contributed by atoms with van der Waals surface area (Å²) in [5.74, 6) is -0.238. The number of para-hydroxylation sites is 1. The van der Waals surface area contributed by atoms with Gasteiger partial charge in [-0.2, -0.15) is 5.10 Å². The van der Waals surface area contributed by atoms with Crippen LogP contribution in [0.3, 0.4) is 0 Å². The highest BCUT2D eigenvalue weighted by atomic mass is 32.2. The van der Waals surface area contributed by atoms with Crippen molar-refractivity contribution in [3.8, 4) is 5.69 Å². The first kappa shape index (κ1) is 17.1. The van der Waals surface area contributed by atoms with Gasteiger partial charge in [-0.05, 0) is 56.3 Å². The molecule has 1 heterocycles. The quantitative estimate of drug-likeness (QED) is 0.781. The second-order valence-electron chi connectivity index (χ2n) is 5.79. The fourth-order valence-corrected chi connectivity index (χ4v) is 3.36. The summed E-state index contributed by atoms with van der Waals surface area (Å²) in [5.41, 5.74) is 3.98. The van der Waals surface area contributed by atoms with Crippen molar-refractivity contribution in [1.82, 2.24) is 9.78 Å². The molecule has 1 N–H and O–H groups in total. The van der Waals surface area contributed by atoms with Gasteiger partial charge in [0.2, 0.25) is 0 Å². The average molecular weight is 353 g/mol. The molecule has 3 rings (SSSR count). The van der Waals surface area contributed by atoms with E-state index in [0.717, 1.165) is 17.1 Å².